The lowest BCUT2D eigenvalue weighted by molar-refractivity contribution is 0.501. The Bertz CT molecular complexity index is 361. The molecule has 0 aliphatic heterocycles. The van der Waals surface area contributed by atoms with Gasteiger partial charge in [-0.2, -0.15) is 0 Å². The lowest BCUT2D eigenvalue weighted by Gasteiger charge is -1.93. The minimum absolute atomic E-state index is 0.700. The lowest BCUT2D eigenvalue weighted by atomic mass is 10.3. The number of hydrogen-bond acceptors (Lipinski definition) is 3. The Morgan fingerprint density at radius 2 is 2.23 bits per heavy atom. The molecule has 0 fully saturated rings. The van der Waals surface area contributed by atoms with E-state index in [1.807, 2.05) is 24.3 Å². The van der Waals surface area contributed by atoms with Gasteiger partial charge in [0.2, 0.25) is 5.89 Å². The Kier molecular flexibility index (Phi) is 2.27. The van der Waals surface area contributed by atoms with Crippen LogP contribution < -0.4 is 5.32 Å². The third-order valence-corrected chi connectivity index (χ3v) is 1.86. The van der Waals surface area contributed by atoms with Gasteiger partial charge in [0.25, 0.3) is 0 Å². The highest BCUT2D eigenvalue weighted by molar-refractivity contribution is 5.72. The Hall–Kier alpha value is -1.35. The van der Waals surface area contributed by atoms with Gasteiger partial charge in [-0.05, 0) is 18.7 Å². The van der Waals surface area contributed by atoms with E-state index in [1.165, 1.54) is 0 Å². The first kappa shape index (κ1) is 8.26. The van der Waals surface area contributed by atoms with Gasteiger partial charge in [0.1, 0.15) is 5.52 Å². The fourth-order valence-corrected chi connectivity index (χ4v) is 1.23. The van der Waals surface area contributed by atoms with Gasteiger partial charge >= 0.3 is 0 Å². The van der Waals surface area contributed by atoms with Crippen LogP contribution in [0.2, 0.25) is 0 Å². The maximum absolute atomic E-state index is 5.50. The minimum atomic E-state index is 0.700. The van der Waals surface area contributed by atoms with E-state index < -0.39 is 0 Å². The van der Waals surface area contributed by atoms with Crippen LogP contribution in [0.15, 0.2) is 28.7 Å². The highest BCUT2D eigenvalue weighted by Gasteiger charge is 2.02. The van der Waals surface area contributed by atoms with E-state index >= 15 is 0 Å². The molecule has 0 aliphatic carbocycles. The topological polar surface area (TPSA) is 38.1 Å². The Morgan fingerprint density at radius 1 is 1.38 bits per heavy atom. The van der Waals surface area contributed by atoms with Gasteiger partial charge in [-0.1, -0.05) is 19.1 Å². The summed E-state index contributed by atoms with van der Waals surface area (Å²) in [5.41, 5.74) is 1.78. The normalized spacial score (nSPS) is 10.8. The summed E-state index contributed by atoms with van der Waals surface area (Å²) in [6.45, 7) is 3.69. The monoisotopic (exact) mass is 176 g/mol. The number of rotatable bonds is 3. The quantitative estimate of drug-likeness (QED) is 0.776. The smallest absolute Gasteiger partial charge is 0.209 e. The van der Waals surface area contributed by atoms with E-state index in [0.717, 1.165) is 23.5 Å². The number of nitrogens with one attached hydrogen (secondary N) is 1. The summed E-state index contributed by atoms with van der Waals surface area (Å²) in [7, 11) is 0. The number of hydrogen-bond donors (Lipinski definition) is 1. The maximum Gasteiger partial charge on any atom is 0.209 e. The van der Waals surface area contributed by atoms with E-state index in [9.17, 15) is 0 Å². The number of nitrogens with zero attached hydrogens (tertiary/aromatic N) is 1. The van der Waals surface area contributed by atoms with Crippen molar-refractivity contribution in [1.82, 2.24) is 10.3 Å². The summed E-state index contributed by atoms with van der Waals surface area (Å²) in [5.74, 6) is 0.753. The highest BCUT2D eigenvalue weighted by atomic mass is 16.3. The molecule has 2 aromatic rings. The molecule has 0 aliphatic rings. The SMILES string of the molecule is CCNCc1nc2ccccc2o1. The molecule has 3 heteroatoms. The third kappa shape index (κ3) is 1.70. The molecule has 0 saturated heterocycles. The average molecular weight is 176 g/mol. The molecule has 0 amide bonds. The second-order valence-electron chi connectivity index (χ2n) is 2.86. The lowest BCUT2D eigenvalue weighted by Crippen LogP contribution is -2.11. The molecule has 1 N–H and O–H groups in total. The van der Waals surface area contributed by atoms with Crippen molar-refractivity contribution in [3.8, 4) is 0 Å². The zero-order valence-corrected chi connectivity index (χ0v) is 7.58. The van der Waals surface area contributed by atoms with Gasteiger partial charge in [-0.3, -0.25) is 0 Å². The first-order valence-corrected chi connectivity index (χ1v) is 4.45. The molecular formula is C10H12N2O. The van der Waals surface area contributed by atoms with E-state index in [2.05, 4.69) is 17.2 Å². The van der Waals surface area contributed by atoms with E-state index in [0.29, 0.717) is 6.54 Å². The Labute approximate surface area is 76.8 Å². The van der Waals surface area contributed by atoms with Gasteiger partial charge in [0.15, 0.2) is 5.58 Å². The number of oxazole rings is 1. The molecule has 68 valence electrons. The minimum Gasteiger partial charge on any atom is -0.439 e. The Balaban J connectivity index is 2.28. The van der Waals surface area contributed by atoms with Crippen LogP contribution in [0.5, 0.6) is 0 Å². The molecule has 0 atom stereocenters. The van der Waals surface area contributed by atoms with Crippen molar-refractivity contribution < 1.29 is 4.42 Å². The highest BCUT2D eigenvalue weighted by Crippen LogP contribution is 2.13. The second-order valence-corrected chi connectivity index (χ2v) is 2.86. The average Bonchev–Trinajstić information content (AvgIpc) is 2.57. The predicted molar refractivity (Wildman–Crippen MR) is 51.4 cm³/mol. The van der Waals surface area contributed by atoms with E-state index in [4.69, 9.17) is 4.42 Å². The molecule has 1 aromatic heterocycles. The molecule has 0 unspecified atom stereocenters. The molecule has 1 aromatic carbocycles. The first-order valence-electron chi connectivity index (χ1n) is 4.45. The molecule has 0 spiro atoms. The van der Waals surface area contributed by atoms with E-state index in [-0.39, 0.29) is 0 Å². The van der Waals surface area contributed by atoms with Gasteiger partial charge in [0.05, 0.1) is 6.54 Å². The number of fused-ring (bicyclic) bond motifs is 1. The van der Waals surface area contributed by atoms with Crippen molar-refractivity contribution in [1.29, 1.82) is 0 Å². The van der Waals surface area contributed by atoms with Crippen molar-refractivity contribution >= 4 is 11.1 Å². The molecule has 1 heterocycles. The van der Waals surface area contributed by atoms with Crippen LogP contribution in [0.25, 0.3) is 11.1 Å². The Morgan fingerprint density at radius 3 is 3.00 bits per heavy atom. The molecule has 2 rings (SSSR count). The molecular weight excluding hydrogens is 164 g/mol. The van der Waals surface area contributed by atoms with E-state index in [1.54, 1.807) is 0 Å². The van der Waals surface area contributed by atoms with Crippen molar-refractivity contribution in [2.24, 2.45) is 0 Å². The zero-order valence-electron chi connectivity index (χ0n) is 7.58. The largest absolute Gasteiger partial charge is 0.439 e. The molecule has 0 bridgehead atoms. The summed E-state index contributed by atoms with van der Waals surface area (Å²) in [5, 5.41) is 3.17. The van der Waals surface area contributed by atoms with Gasteiger partial charge in [-0.15, -0.1) is 0 Å². The maximum atomic E-state index is 5.50. The van der Waals surface area contributed by atoms with Crippen LogP contribution >= 0.6 is 0 Å². The van der Waals surface area contributed by atoms with Crippen LogP contribution in [0.4, 0.5) is 0 Å². The number of benzene rings is 1. The van der Waals surface area contributed by atoms with Crippen LogP contribution in [0.3, 0.4) is 0 Å². The van der Waals surface area contributed by atoms with Crippen molar-refractivity contribution in [3.63, 3.8) is 0 Å². The summed E-state index contributed by atoms with van der Waals surface area (Å²) in [6.07, 6.45) is 0. The number of para-hydroxylation sites is 2. The molecule has 3 nitrogen and oxygen atoms in total. The van der Waals surface area contributed by atoms with Crippen LogP contribution in [0.1, 0.15) is 12.8 Å². The van der Waals surface area contributed by atoms with Gasteiger partial charge in [-0.25, -0.2) is 4.98 Å². The van der Waals surface area contributed by atoms with Crippen LogP contribution in [-0.2, 0) is 6.54 Å². The van der Waals surface area contributed by atoms with Crippen molar-refractivity contribution in [2.45, 2.75) is 13.5 Å². The molecule has 13 heavy (non-hydrogen) atoms. The summed E-state index contributed by atoms with van der Waals surface area (Å²) < 4.78 is 5.50. The molecule has 0 saturated carbocycles. The summed E-state index contributed by atoms with van der Waals surface area (Å²) >= 11 is 0. The molecule has 0 radical (unpaired) electrons. The standard InChI is InChI=1S/C10H12N2O/c1-2-11-7-10-12-8-5-3-4-6-9(8)13-10/h3-6,11H,2,7H2,1H3. The van der Waals surface area contributed by atoms with Crippen molar-refractivity contribution in [2.75, 3.05) is 6.54 Å². The van der Waals surface area contributed by atoms with Crippen LogP contribution in [-0.4, -0.2) is 11.5 Å². The third-order valence-electron chi connectivity index (χ3n) is 1.86. The number of aromatic nitrogens is 1. The van der Waals surface area contributed by atoms with Crippen LogP contribution in [0, 0.1) is 0 Å². The fourth-order valence-electron chi connectivity index (χ4n) is 1.23. The van der Waals surface area contributed by atoms with Gasteiger partial charge < -0.3 is 9.73 Å². The first-order chi connectivity index (χ1) is 6.40. The van der Waals surface area contributed by atoms with Gasteiger partial charge in [0, 0.05) is 0 Å². The fraction of sp³-hybridized carbons (Fsp3) is 0.300. The second kappa shape index (κ2) is 3.58. The summed E-state index contributed by atoms with van der Waals surface area (Å²) in [6, 6.07) is 7.79. The predicted octanol–water partition coefficient (Wildman–Crippen LogP) is 1.94. The van der Waals surface area contributed by atoms with Crippen molar-refractivity contribution in [3.05, 3.63) is 30.2 Å². The zero-order chi connectivity index (χ0) is 9.10. The summed E-state index contributed by atoms with van der Waals surface area (Å²) in [4.78, 5) is 4.32.